The smallest absolute Gasteiger partial charge is 0.322 e. The van der Waals surface area contributed by atoms with Crippen molar-refractivity contribution in [2.75, 3.05) is 31.9 Å². The van der Waals surface area contributed by atoms with Gasteiger partial charge in [0.15, 0.2) is 0 Å². The first-order chi connectivity index (χ1) is 40.8. The Hall–Kier alpha value is -9.11. The van der Waals surface area contributed by atoms with Crippen molar-refractivity contribution >= 4 is 146 Å². The maximum Gasteiger partial charge on any atom is 0.323 e. The summed E-state index contributed by atoms with van der Waals surface area (Å²) < 4.78 is 207. The van der Waals surface area contributed by atoms with Crippen LogP contribution in [0.1, 0.15) is 66.4 Å². The Morgan fingerprint density at radius 2 is 0.648 bits per heavy atom. The maximum absolute atomic E-state index is 13.8. The van der Waals surface area contributed by atoms with Gasteiger partial charge in [-0.1, -0.05) is 38.1 Å². The Kier molecular flexibility index (Phi) is 17.9. The van der Waals surface area contributed by atoms with Crippen LogP contribution in [0.5, 0.6) is 0 Å². The Bertz CT molecular complexity index is 4750. The highest BCUT2D eigenvalue weighted by atomic mass is 32.2. The maximum atomic E-state index is 13.8. The zero-order valence-corrected chi connectivity index (χ0v) is 49.6. The number of carbonyl (C=O) groups is 5. The Balaban J connectivity index is 0.964. The fraction of sp³-hybridized carbons (Fsp3) is 0.0755. The first kappa shape index (κ1) is 64.9. The average Bonchev–Trinajstić information content (AvgIpc) is 0.959. The van der Waals surface area contributed by atoms with Gasteiger partial charge >= 0.3 is 6.03 Å². The van der Waals surface area contributed by atoms with Gasteiger partial charge in [0, 0.05) is 66.5 Å². The molecule has 8 aromatic carbocycles. The van der Waals surface area contributed by atoms with E-state index >= 15 is 0 Å². The first-order valence-corrected chi connectivity index (χ1v) is 33.4. The minimum Gasteiger partial charge on any atom is -0.322 e. The summed E-state index contributed by atoms with van der Waals surface area (Å²) in [5.41, 5.74) is -0.0795. The van der Waals surface area contributed by atoms with E-state index in [2.05, 4.69) is 31.9 Å². The zero-order valence-electron chi connectivity index (χ0n) is 44.7. The summed E-state index contributed by atoms with van der Waals surface area (Å²) in [6, 6.07) is 22.9. The average molecular weight is 1330 g/mol. The third-order valence-corrected chi connectivity index (χ3v) is 18.2. The SMILES string of the molecule is CCc1ccc(C(=O)Nc2ccc(S(=O)(=O)O)c3cc(S(=O)(=O)O)cc(S(=O)(=O)O)c23)cc1NC(=O)c1cccc(NC(=O)Nc2cccc(C(=O)Nc3cc(C(=O)Nc4ccc(S(=O)(=O)O)c5cc(S(=O)(=O)O)cc(S(=O)(=O)O)c45)ccc3CC)c2)c1. The quantitative estimate of drug-likeness (QED) is 0.0376. The van der Waals surface area contributed by atoms with Crippen molar-refractivity contribution in [2.24, 2.45) is 0 Å². The fourth-order valence-electron chi connectivity index (χ4n) is 8.98. The highest BCUT2D eigenvalue weighted by Crippen LogP contribution is 2.39. The lowest BCUT2D eigenvalue weighted by Gasteiger charge is -2.16. The third kappa shape index (κ3) is 14.5. The van der Waals surface area contributed by atoms with Gasteiger partial charge in [-0.15, -0.1) is 0 Å². The topological polar surface area (TPSA) is 484 Å². The van der Waals surface area contributed by atoms with E-state index in [4.69, 9.17) is 0 Å². The van der Waals surface area contributed by atoms with E-state index in [0.717, 1.165) is 12.1 Å². The van der Waals surface area contributed by atoms with Gasteiger partial charge in [0.05, 0.1) is 21.2 Å². The van der Waals surface area contributed by atoms with Crippen molar-refractivity contribution in [1.29, 1.82) is 0 Å². The van der Waals surface area contributed by atoms with E-state index < -0.39 is 153 Å². The molecule has 0 fully saturated rings. The molecule has 0 atom stereocenters. The van der Waals surface area contributed by atoms with Crippen molar-refractivity contribution in [3.05, 3.63) is 167 Å². The second-order valence-corrected chi connectivity index (χ2v) is 27.2. The Labute approximate surface area is 499 Å². The number of nitrogens with one attached hydrogen (secondary N) is 6. The Morgan fingerprint density at radius 1 is 0.330 bits per heavy atom. The van der Waals surface area contributed by atoms with Gasteiger partial charge in [0.1, 0.15) is 19.6 Å². The van der Waals surface area contributed by atoms with E-state index in [1.165, 1.54) is 84.9 Å². The molecular formula is C53H44N6O23S6. The van der Waals surface area contributed by atoms with Gasteiger partial charge in [-0.05, 0) is 133 Å². The number of benzene rings is 8. The van der Waals surface area contributed by atoms with Gasteiger partial charge in [-0.25, -0.2) is 4.79 Å². The van der Waals surface area contributed by atoms with Crippen LogP contribution in [0.15, 0.2) is 163 Å². The molecule has 6 amide bonds. The molecule has 0 aliphatic heterocycles. The summed E-state index contributed by atoms with van der Waals surface area (Å²) >= 11 is 0. The number of rotatable bonds is 18. The summed E-state index contributed by atoms with van der Waals surface area (Å²) in [5, 5.41) is 12.0. The van der Waals surface area contributed by atoms with Gasteiger partial charge in [-0.2, -0.15) is 50.5 Å². The number of fused-ring (bicyclic) bond motifs is 2. The minimum atomic E-state index is -5.45. The second kappa shape index (κ2) is 24.2. The van der Waals surface area contributed by atoms with Crippen LogP contribution in [0.3, 0.4) is 0 Å². The molecule has 12 N–H and O–H groups in total. The molecule has 0 spiro atoms. The molecule has 0 aliphatic rings. The van der Waals surface area contributed by atoms with E-state index in [1.807, 2.05) is 0 Å². The molecular weight excluding hydrogens is 1280 g/mol. The molecule has 0 heterocycles. The molecule has 0 saturated heterocycles. The minimum absolute atomic E-state index is 0.0141. The molecule has 8 rings (SSSR count). The number of amides is 6. The third-order valence-electron chi connectivity index (χ3n) is 13.0. The van der Waals surface area contributed by atoms with Crippen molar-refractivity contribution in [1.82, 2.24) is 0 Å². The highest BCUT2D eigenvalue weighted by Gasteiger charge is 2.30. The predicted molar refractivity (Wildman–Crippen MR) is 316 cm³/mol. The van der Waals surface area contributed by atoms with Crippen LogP contribution < -0.4 is 31.9 Å². The van der Waals surface area contributed by atoms with E-state index in [-0.39, 0.29) is 45.0 Å². The number of anilines is 6. The van der Waals surface area contributed by atoms with Crippen molar-refractivity contribution in [3.63, 3.8) is 0 Å². The molecule has 35 heteroatoms. The molecule has 8 aromatic rings. The van der Waals surface area contributed by atoms with Gasteiger partial charge in [-0.3, -0.25) is 46.5 Å². The normalized spacial score (nSPS) is 12.3. The lowest BCUT2D eigenvalue weighted by Crippen LogP contribution is -2.21. The molecule has 88 heavy (non-hydrogen) atoms. The number of hydrogen-bond acceptors (Lipinski definition) is 17. The number of aryl methyl sites for hydroxylation is 2. The monoisotopic (exact) mass is 1320 g/mol. The van der Waals surface area contributed by atoms with Crippen LogP contribution in [-0.2, 0) is 73.6 Å². The van der Waals surface area contributed by atoms with Crippen LogP contribution in [0.25, 0.3) is 21.5 Å². The van der Waals surface area contributed by atoms with E-state index in [9.17, 15) is 102 Å². The largest absolute Gasteiger partial charge is 0.323 e. The summed E-state index contributed by atoms with van der Waals surface area (Å²) in [4.78, 5) is 61.4. The summed E-state index contributed by atoms with van der Waals surface area (Å²) in [6.45, 7) is 3.45. The predicted octanol–water partition coefficient (Wildman–Crippen LogP) is 7.25. The van der Waals surface area contributed by atoms with Crippen molar-refractivity contribution < 1.29 is 102 Å². The molecule has 0 bridgehead atoms. The lowest BCUT2D eigenvalue weighted by molar-refractivity contribution is 0.101. The molecule has 29 nitrogen and oxygen atoms in total. The number of urea groups is 1. The molecule has 0 saturated carbocycles. The fourth-order valence-corrected chi connectivity index (χ4v) is 13.1. The molecule has 0 aliphatic carbocycles. The molecule has 0 radical (unpaired) electrons. The Morgan fingerprint density at radius 3 is 0.955 bits per heavy atom. The van der Waals surface area contributed by atoms with Crippen LogP contribution in [0, 0.1) is 0 Å². The lowest BCUT2D eigenvalue weighted by atomic mass is 10.0. The highest BCUT2D eigenvalue weighted by molar-refractivity contribution is 7.88. The standard InChI is InChI=1S/C53H44N6O23S6/c1-3-27-11-13-31(51(62)56-39-15-17-43(85(71,72)73)37-23-35(83(65,66)67)25-45(47(37)39)87(77,78)79)21-41(27)58-49(60)29-7-5-9-33(19-29)54-53(64)55-34-10-6-8-30(20-34)50(61)59-42-22-32(14-12-28(42)4-2)52(63)57-40-16-18-44(86(74,75)76)38-24-36(84(68,69)70)26-46(48(38)40)88(80,81)82/h5-26H,3-4H2,1-2H3,(H,56,62)(H,57,63)(H,58,60)(H,59,61)(H2,54,55,64)(H,65,66,67)(H,68,69,70)(H,71,72,73)(H,74,75,76)(H,77,78,79)(H,80,81,82). The number of hydrogen-bond donors (Lipinski definition) is 12. The van der Waals surface area contributed by atoms with Crippen LogP contribution >= 0.6 is 0 Å². The van der Waals surface area contributed by atoms with Crippen molar-refractivity contribution in [2.45, 2.75) is 56.1 Å². The van der Waals surface area contributed by atoms with Gasteiger partial charge < -0.3 is 31.9 Å². The van der Waals surface area contributed by atoms with Gasteiger partial charge in [0.25, 0.3) is 84.3 Å². The first-order valence-electron chi connectivity index (χ1n) is 24.7. The molecule has 0 aromatic heterocycles. The molecule has 460 valence electrons. The summed E-state index contributed by atoms with van der Waals surface area (Å²) in [5.74, 6) is -3.52. The molecule has 0 unspecified atom stereocenters. The zero-order chi connectivity index (χ0) is 64.8. The summed E-state index contributed by atoms with van der Waals surface area (Å²) in [6.07, 6.45) is 0.596. The van der Waals surface area contributed by atoms with Gasteiger partial charge in [0.2, 0.25) is 0 Å². The second-order valence-electron chi connectivity index (χ2n) is 18.8. The van der Waals surface area contributed by atoms with Crippen LogP contribution in [0.2, 0.25) is 0 Å². The number of carbonyl (C=O) groups excluding carboxylic acids is 5. The van der Waals surface area contributed by atoms with Crippen LogP contribution in [0.4, 0.5) is 38.9 Å². The summed E-state index contributed by atoms with van der Waals surface area (Å²) in [7, 11) is -31.9. The van der Waals surface area contributed by atoms with E-state index in [0.29, 0.717) is 60.4 Å². The van der Waals surface area contributed by atoms with E-state index in [1.54, 1.807) is 13.8 Å². The van der Waals surface area contributed by atoms with Crippen LogP contribution in [-0.4, -0.2) is 107 Å². The van der Waals surface area contributed by atoms with Crippen molar-refractivity contribution in [3.8, 4) is 0 Å².